The number of allylic oxidation sites excluding steroid dienone is 3. The zero-order chi connectivity index (χ0) is 9.52. The average molecular weight is 180 g/mol. The molecule has 0 spiro atoms. The number of esters is 1. The van der Waals surface area contributed by atoms with E-state index in [2.05, 4.69) is 6.08 Å². The van der Waals surface area contributed by atoms with Gasteiger partial charge in [-0.25, -0.2) is 4.79 Å². The third-order valence-electron chi connectivity index (χ3n) is 2.05. The smallest absolute Gasteiger partial charge is 0.330 e. The van der Waals surface area contributed by atoms with Crippen LogP contribution in [-0.2, 0) is 9.53 Å². The molecule has 1 rings (SSSR count). The maximum atomic E-state index is 10.9. The van der Waals surface area contributed by atoms with Crippen LogP contribution in [0, 0.1) is 0 Å². The van der Waals surface area contributed by atoms with Crippen molar-refractivity contribution in [3.8, 4) is 0 Å². The summed E-state index contributed by atoms with van der Waals surface area (Å²) in [6.07, 6.45) is 10.3. The first-order valence-corrected chi connectivity index (χ1v) is 4.87. The summed E-state index contributed by atoms with van der Waals surface area (Å²) >= 11 is 0. The second kappa shape index (κ2) is 5.57. The lowest BCUT2D eigenvalue weighted by molar-refractivity contribution is -0.137. The summed E-state index contributed by atoms with van der Waals surface area (Å²) in [5.74, 6) is -0.242. The second-order valence-corrected chi connectivity index (χ2v) is 3.11. The quantitative estimate of drug-likeness (QED) is 0.493. The van der Waals surface area contributed by atoms with E-state index in [9.17, 15) is 4.79 Å². The van der Waals surface area contributed by atoms with Crippen LogP contribution in [0.4, 0.5) is 0 Å². The van der Waals surface area contributed by atoms with Crippen LogP contribution >= 0.6 is 0 Å². The van der Waals surface area contributed by atoms with Gasteiger partial charge in [0.25, 0.3) is 0 Å². The minimum absolute atomic E-state index is 0.242. The van der Waals surface area contributed by atoms with Crippen molar-refractivity contribution in [3.63, 3.8) is 0 Å². The molecule has 1 aliphatic carbocycles. The van der Waals surface area contributed by atoms with Crippen LogP contribution in [-0.4, -0.2) is 12.6 Å². The molecule has 0 heterocycles. The second-order valence-electron chi connectivity index (χ2n) is 3.11. The molecule has 0 aliphatic heterocycles. The van der Waals surface area contributed by atoms with Crippen molar-refractivity contribution in [2.75, 3.05) is 6.61 Å². The van der Waals surface area contributed by atoms with E-state index in [0.717, 1.165) is 12.8 Å². The molecule has 13 heavy (non-hydrogen) atoms. The van der Waals surface area contributed by atoms with Crippen LogP contribution in [0.1, 0.15) is 32.6 Å². The monoisotopic (exact) mass is 180 g/mol. The van der Waals surface area contributed by atoms with Gasteiger partial charge in [0.1, 0.15) is 0 Å². The van der Waals surface area contributed by atoms with Crippen molar-refractivity contribution in [1.29, 1.82) is 0 Å². The van der Waals surface area contributed by atoms with Crippen molar-refractivity contribution >= 4 is 5.97 Å². The van der Waals surface area contributed by atoms with E-state index >= 15 is 0 Å². The Morgan fingerprint density at radius 3 is 3.08 bits per heavy atom. The Morgan fingerprint density at radius 2 is 2.46 bits per heavy atom. The molecule has 0 saturated carbocycles. The van der Waals surface area contributed by atoms with Gasteiger partial charge in [-0.3, -0.25) is 0 Å². The molecule has 2 heteroatoms. The molecule has 0 fully saturated rings. The summed E-state index contributed by atoms with van der Waals surface area (Å²) < 4.78 is 4.78. The van der Waals surface area contributed by atoms with Crippen molar-refractivity contribution < 1.29 is 9.53 Å². The number of rotatable bonds is 3. The summed E-state index contributed by atoms with van der Waals surface area (Å²) in [6.45, 7) is 2.26. The van der Waals surface area contributed by atoms with E-state index < -0.39 is 0 Å². The SMILES string of the molecule is CCOC(=O)C=CC1=CCCCC1. The van der Waals surface area contributed by atoms with Gasteiger partial charge in [-0.05, 0) is 32.6 Å². The Kier molecular flexibility index (Phi) is 4.30. The molecule has 0 unspecified atom stereocenters. The van der Waals surface area contributed by atoms with E-state index in [1.807, 2.05) is 13.0 Å². The zero-order valence-corrected chi connectivity index (χ0v) is 8.08. The van der Waals surface area contributed by atoms with Crippen LogP contribution in [0.25, 0.3) is 0 Å². The lowest BCUT2D eigenvalue weighted by Crippen LogP contribution is -1.99. The third-order valence-corrected chi connectivity index (χ3v) is 2.05. The predicted molar refractivity (Wildman–Crippen MR) is 52.3 cm³/mol. The zero-order valence-electron chi connectivity index (χ0n) is 8.08. The Balaban J connectivity index is 2.37. The fourth-order valence-electron chi connectivity index (χ4n) is 1.38. The molecular weight excluding hydrogens is 164 g/mol. The standard InChI is InChI=1S/C11H16O2/c1-2-13-11(12)9-8-10-6-4-3-5-7-10/h6,8-9H,2-5,7H2,1H3. The molecule has 1 aliphatic rings. The summed E-state index contributed by atoms with van der Waals surface area (Å²) in [6, 6.07) is 0. The number of ether oxygens (including phenoxy) is 1. The molecule has 0 atom stereocenters. The molecule has 0 aromatic rings. The van der Waals surface area contributed by atoms with Crippen molar-refractivity contribution in [3.05, 3.63) is 23.8 Å². The summed E-state index contributed by atoms with van der Waals surface area (Å²) in [5, 5.41) is 0. The van der Waals surface area contributed by atoms with Crippen molar-refractivity contribution in [1.82, 2.24) is 0 Å². The first-order chi connectivity index (χ1) is 6.33. The van der Waals surface area contributed by atoms with Crippen LogP contribution in [0.3, 0.4) is 0 Å². The number of carbonyl (C=O) groups is 1. The maximum absolute atomic E-state index is 10.9. The fourth-order valence-corrected chi connectivity index (χ4v) is 1.38. The lowest BCUT2D eigenvalue weighted by atomic mass is 9.99. The van der Waals surface area contributed by atoms with Gasteiger partial charge in [0.15, 0.2) is 0 Å². The molecule has 2 nitrogen and oxygen atoms in total. The van der Waals surface area contributed by atoms with Gasteiger partial charge in [0.05, 0.1) is 6.61 Å². The molecule has 0 bridgehead atoms. The Bertz CT molecular complexity index is 226. The molecule has 0 aromatic carbocycles. The summed E-state index contributed by atoms with van der Waals surface area (Å²) in [5.41, 5.74) is 1.26. The number of hydrogen-bond acceptors (Lipinski definition) is 2. The topological polar surface area (TPSA) is 26.3 Å². The van der Waals surface area contributed by atoms with E-state index in [1.54, 1.807) is 0 Å². The Morgan fingerprint density at radius 1 is 1.62 bits per heavy atom. The predicted octanol–water partition coefficient (Wildman–Crippen LogP) is 2.61. The number of hydrogen-bond donors (Lipinski definition) is 0. The molecule has 0 radical (unpaired) electrons. The highest BCUT2D eigenvalue weighted by molar-refractivity contribution is 5.82. The highest BCUT2D eigenvalue weighted by atomic mass is 16.5. The highest BCUT2D eigenvalue weighted by Gasteiger charge is 2.00. The van der Waals surface area contributed by atoms with Crippen LogP contribution in [0.15, 0.2) is 23.8 Å². The number of carbonyl (C=O) groups excluding carboxylic acids is 1. The van der Waals surface area contributed by atoms with Gasteiger partial charge in [-0.2, -0.15) is 0 Å². The molecular formula is C11H16O2. The maximum Gasteiger partial charge on any atom is 0.330 e. The normalized spacial score (nSPS) is 17.2. The average Bonchev–Trinajstić information content (AvgIpc) is 2.17. The Hall–Kier alpha value is -1.05. The van der Waals surface area contributed by atoms with Gasteiger partial charge in [0, 0.05) is 6.08 Å². The molecule has 0 N–H and O–H groups in total. The van der Waals surface area contributed by atoms with Gasteiger partial charge in [-0.15, -0.1) is 0 Å². The van der Waals surface area contributed by atoms with E-state index in [0.29, 0.717) is 6.61 Å². The van der Waals surface area contributed by atoms with Gasteiger partial charge in [0.2, 0.25) is 0 Å². The minimum Gasteiger partial charge on any atom is -0.463 e. The fraction of sp³-hybridized carbons (Fsp3) is 0.545. The lowest BCUT2D eigenvalue weighted by Gasteiger charge is -2.07. The highest BCUT2D eigenvalue weighted by Crippen LogP contribution is 2.17. The molecule has 0 aromatic heterocycles. The Labute approximate surface area is 79.3 Å². The van der Waals surface area contributed by atoms with Crippen LogP contribution in [0.2, 0.25) is 0 Å². The van der Waals surface area contributed by atoms with Gasteiger partial charge in [-0.1, -0.05) is 17.7 Å². The van der Waals surface area contributed by atoms with E-state index in [-0.39, 0.29) is 5.97 Å². The minimum atomic E-state index is -0.242. The summed E-state index contributed by atoms with van der Waals surface area (Å²) in [7, 11) is 0. The molecule has 0 saturated heterocycles. The summed E-state index contributed by atoms with van der Waals surface area (Å²) in [4.78, 5) is 10.9. The van der Waals surface area contributed by atoms with E-state index in [1.165, 1.54) is 24.5 Å². The van der Waals surface area contributed by atoms with Crippen LogP contribution in [0.5, 0.6) is 0 Å². The van der Waals surface area contributed by atoms with Crippen LogP contribution < -0.4 is 0 Å². The largest absolute Gasteiger partial charge is 0.463 e. The first-order valence-electron chi connectivity index (χ1n) is 4.87. The van der Waals surface area contributed by atoms with Crippen molar-refractivity contribution in [2.24, 2.45) is 0 Å². The molecule has 0 amide bonds. The first kappa shape index (κ1) is 10.0. The van der Waals surface area contributed by atoms with Gasteiger partial charge < -0.3 is 4.74 Å². The van der Waals surface area contributed by atoms with E-state index in [4.69, 9.17) is 4.74 Å². The van der Waals surface area contributed by atoms with Gasteiger partial charge >= 0.3 is 5.97 Å². The third kappa shape index (κ3) is 3.92. The van der Waals surface area contributed by atoms with Crippen molar-refractivity contribution in [2.45, 2.75) is 32.6 Å². The molecule has 72 valence electrons.